The fraction of sp³-hybridized carbons (Fsp3) is 0.200. The summed E-state index contributed by atoms with van der Waals surface area (Å²) in [4.78, 5) is 37.5. The van der Waals surface area contributed by atoms with Gasteiger partial charge in [-0.3, -0.25) is 14.6 Å². The van der Waals surface area contributed by atoms with Gasteiger partial charge in [-0.15, -0.1) is 0 Å². The number of nitrogens with one attached hydrogen (secondary N) is 3. The minimum Gasteiger partial charge on any atom is -0.480 e. The standard InChI is InChI=1S/C21H16ClF3N4O3.C4H9NO2/c1-26-19(30)18-11-15(8-9-27-18)32-14-5-2-12(3-6-14)28-20(31)29-13-4-7-17(22)16(10-13)21(23,24)25;1-2-3(5)4(6)7/h2-11H,1H3,(H,26,30)(H2,28,29,31);3H,2,5H2,1H3,(H,6,7). The number of carbonyl (C=O) groups is 3. The number of carbonyl (C=O) groups excluding carboxylic acids is 2. The van der Waals surface area contributed by atoms with Gasteiger partial charge in [-0.2, -0.15) is 13.2 Å². The molecule has 0 radical (unpaired) electrons. The fourth-order valence-corrected chi connectivity index (χ4v) is 2.98. The maximum Gasteiger partial charge on any atom is 0.417 e. The second-order valence-corrected chi connectivity index (χ2v) is 8.11. The van der Waals surface area contributed by atoms with Crippen molar-refractivity contribution in [1.82, 2.24) is 10.3 Å². The maximum atomic E-state index is 12.9. The molecule has 0 aliphatic rings. The number of alkyl halides is 3. The number of benzene rings is 2. The van der Waals surface area contributed by atoms with E-state index in [1.54, 1.807) is 37.3 Å². The minimum absolute atomic E-state index is 0.0659. The summed E-state index contributed by atoms with van der Waals surface area (Å²) in [6.45, 7) is 1.73. The van der Waals surface area contributed by atoms with Crippen LogP contribution in [-0.2, 0) is 11.0 Å². The third-order valence-corrected chi connectivity index (χ3v) is 5.16. The molecule has 10 nitrogen and oxygen atoms in total. The molecule has 0 spiro atoms. The molecule has 2 aromatic carbocycles. The van der Waals surface area contributed by atoms with Gasteiger partial charge in [-0.1, -0.05) is 18.5 Å². The number of nitrogens with zero attached hydrogens (tertiary/aromatic N) is 1. The molecule has 3 aromatic rings. The Morgan fingerprint density at radius 1 is 1.03 bits per heavy atom. The molecule has 0 aliphatic heterocycles. The lowest BCUT2D eigenvalue weighted by Gasteiger charge is -2.12. The Labute approximate surface area is 226 Å². The van der Waals surface area contributed by atoms with Crippen molar-refractivity contribution >= 4 is 40.9 Å². The largest absolute Gasteiger partial charge is 0.480 e. The molecule has 208 valence electrons. The van der Waals surface area contributed by atoms with E-state index in [2.05, 4.69) is 20.9 Å². The van der Waals surface area contributed by atoms with E-state index in [1.807, 2.05) is 0 Å². The smallest absolute Gasteiger partial charge is 0.417 e. The zero-order valence-corrected chi connectivity index (χ0v) is 21.4. The van der Waals surface area contributed by atoms with Gasteiger partial charge in [-0.25, -0.2) is 4.79 Å². The van der Waals surface area contributed by atoms with Crippen LogP contribution in [0, 0.1) is 0 Å². The van der Waals surface area contributed by atoms with Crippen molar-refractivity contribution in [2.75, 3.05) is 17.7 Å². The predicted molar refractivity (Wildman–Crippen MR) is 139 cm³/mol. The topological polar surface area (TPSA) is 156 Å². The predicted octanol–water partition coefficient (Wildman–Crippen LogP) is 5.36. The van der Waals surface area contributed by atoms with Crippen LogP contribution in [0.2, 0.25) is 5.02 Å². The van der Waals surface area contributed by atoms with Gasteiger partial charge in [-0.05, 0) is 55.0 Å². The number of anilines is 2. The average molecular weight is 568 g/mol. The molecule has 1 unspecified atom stereocenters. The molecule has 0 saturated heterocycles. The average Bonchev–Trinajstić information content (AvgIpc) is 2.89. The van der Waals surface area contributed by atoms with E-state index in [9.17, 15) is 27.6 Å². The van der Waals surface area contributed by atoms with Crippen molar-refractivity contribution in [2.45, 2.75) is 25.6 Å². The Balaban J connectivity index is 0.000000673. The van der Waals surface area contributed by atoms with Gasteiger partial charge in [0.2, 0.25) is 0 Å². The zero-order chi connectivity index (χ0) is 29.2. The van der Waals surface area contributed by atoms with Crippen molar-refractivity contribution in [3.63, 3.8) is 0 Å². The van der Waals surface area contributed by atoms with E-state index in [1.165, 1.54) is 25.4 Å². The number of carboxylic acid groups (broad SMARTS) is 1. The first-order valence-corrected chi connectivity index (χ1v) is 11.6. The van der Waals surface area contributed by atoms with Crippen LogP contribution in [0.25, 0.3) is 0 Å². The third-order valence-electron chi connectivity index (χ3n) is 4.83. The molecule has 0 bridgehead atoms. The van der Waals surface area contributed by atoms with Crippen LogP contribution in [0.4, 0.5) is 29.3 Å². The number of urea groups is 1. The molecule has 1 heterocycles. The fourth-order valence-electron chi connectivity index (χ4n) is 2.76. The van der Waals surface area contributed by atoms with Gasteiger partial charge in [0.05, 0.1) is 10.6 Å². The Bertz CT molecular complexity index is 1310. The quantitative estimate of drug-likeness (QED) is 0.257. The normalized spacial score (nSPS) is 11.4. The van der Waals surface area contributed by atoms with E-state index in [0.717, 1.165) is 12.1 Å². The monoisotopic (exact) mass is 567 g/mol. The van der Waals surface area contributed by atoms with Crippen LogP contribution in [0.3, 0.4) is 0 Å². The van der Waals surface area contributed by atoms with Crippen molar-refractivity contribution in [3.05, 3.63) is 77.1 Å². The Kier molecular flexibility index (Phi) is 11.1. The summed E-state index contributed by atoms with van der Waals surface area (Å²) in [5, 5.41) is 14.9. The van der Waals surface area contributed by atoms with Gasteiger partial charge in [0.25, 0.3) is 5.91 Å². The van der Waals surface area contributed by atoms with Gasteiger partial charge in [0.15, 0.2) is 0 Å². The Morgan fingerprint density at radius 2 is 1.64 bits per heavy atom. The molecule has 0 saturated carbocycles. The number of hydrogen-bond donors (Lipinski definition) is 5. The number of amides is 3. The number of ether oxygens (including phenoxy) is 1. The molecule has 0 fully saturated rings. The van der Waals surface area contributed by atoms with E-state index in [4.69, 9.17) is 27.2 Å². The lowest BCUT2D eigenvalue weighted by Crippen LogP contribution is -2.28. The van der Waals surface area contributed by atoms with E-state index in [-0.39, 0.29) is 17.3 Å². The van der Waals surface area contributed by atoms with Gasteiger partial charge >= 0.3 is 18.2 Å². The van der Waals surface area contributed by atoms with Gasteiger partial charge in [0.1, 0.15) is 23.2 Å². The highest BCUT2D eigenvalue weighted by atomic mass is 35.5. The second-order valence-electron chi connectivity index (χ2n) is 7.71. The molecule has 1 aromatic heterocycles. The first-order chi connectivity index (χ1) is 18.3. The van der Waals surface area contributed by atoms with Crippen LogP contribution >= 0.6 is 11.6 Å². The lowest BCUT2D eigenvalue weighted by atomic mass is 10.2. The summed E-state index contributed by atoms with van der Waals surface area (Å²) in [7, 11) is 1.49. The number of pyridine rings is 1. The molecule has 3 rings (SSSR count). The Morgan fingerprint density at radius 3 is 2.18 bits per heavy atom. The SMILES string of the molecule is CCC(N)C(=O)O.CNC(=O)c1cc(Oc2ccc(NC(=O)Nc3ccc(Cl)c(C(F)(F)F)c3)cc2)ccn1. The minimum atomic E-state index is -4.64. The number of hydrogen-bond acceptors (Lipinski definition) is 6. The summed E-state index contributed by atoms with van der Waals surface area (Å²) in [5.74, 6) is -0.468. The molecule has 1 atom stereocenters. The Hall–Kier alpha value is -4.36. The van der Waals surface area contributed by atoms with Crippen LogP contribution in [-0.4, -0.2) is 41.1 Å². The molecule has 6 N–H and O–H groups in total. The number of rotatable bonds is 7. The number of carboxylic acids is 1. The summed E-state index contributed by atoms with van der Waals surface area (Å²) in [6, 6.07) is 10.9. The van der Waals surface area contributed by atoms with E-state index >= 15 is 0 Å². The highest BCUT2D eigenvalue weighted by Crippen LogP contribution is 2.36. The van der Waals surface area contributed by atoms with Crippen LogP contribution < -0.4 is 26.4 Å². The van der Waals surface area contributed by atoms with E-state index in [0.29, 0.717) is 23.6 Å². The number of nitrogens with two attached hydrogens (primary N) is 1. The second kappa shape index (κ2) is 14.0. The van der Waals surface area contributed by atoms with Crippen molar-refractivity contribution < 1.29 is 37.4 Å². The van der Waals surface area contributed by atoms with Crippen molar-refractivity contribution in [2.24, 2.45) is 5.73 Å². The molecular formula is C25H25ClF3N5O5. The van der Waals surface area contributed by atoms with Crippen molar-refractivity contribution in [1.29, 1.82) is 0 Å². The number of aliphatic carboxylic acids is 1. The maximum absolute atomic E-state index is 12.9. The molecule has 0 aliphatic carbocycles. The summed E-state index contributed by atoms with van der Waals surface area (Å²) < 4.78 is 44.5. The van der Waals surface area contributed by atoms with Gasteiger partial charge < -0.3 is 31.5 Å². The molecule has 14 heteroatoms. The van der Waals surface area contributed by atoms with Crippen LogP contribution in [0.15, 0.2) is 60.8 Å². The lowest BCUT2D eigenvalue weighted by molar-refractivity contribution is -0.139. The number of aromatic nitrogens is 1. The summed E-state index contributed by atoms with van der Waals surface area (Å²) >= 11 is 5.57. The first kappa shape index (κ1) is 30.9. The highest BCUT2D eigenvalue weighted by Gasteiger charge is 2.33. The summed E-state index contributed by atoms with van der Waals surface area (Å²) in [5.41, 5.74) is 4.47. The third kappa shape index (κ3) is 9.79. The summed E-state index contributed by atoms with van der Waals surface area (Å²) in [6.07, 6.45) is -2.71. The van der Waals surface area contributed by atoms with Crippen LogP contribution in [0.5, 0.6) is 11.5 Å². The zero-order valence-electron chi connectivity index (χ0n) is 20.7. The van der Waals surface area contributed by atoms with E-state index < -0.39 is 34.8 Å². The molecule has 39 heavy (non-hydrogen) atoms. The first-order valence-electron chi connectivity index (χ1n) is 11.2. The highest BCUT2D eigenvalue weighted by molar-refractivity contribution is 6.31. The van der Waals surface area contributed by atoms with Crippen molar-refractivity contribution in [3.8, 4) is 11.5 Å². The number of halogens is 4. The van der Waals surface area contributed by atoms with Crippen LogP contribution in [0.1, 0.15) is 29.4 Å². The van der Waals surface area contributed by atoms with Gasteiger partial charge in [0, 0.05) is 30.7 Å². The molecule has 3 amide bonds. The molecular weight excluding hydrogens is 543 g/mol.